The molecule has 5 fully saturated rings. The van der Waals surface area contributed by atoms with Crippen LogP contribution in [0.25, 0.3) is 0 Å². The molecule has 1 aliphatic heterocycles. The highest BCUT2D eigenvalue weighted by Crippen LogP contribution is 2.61. The molecule has 0 radical (unpaired) electrons. The fourth-order valence-electron chi connectivity index (χ4n) is 7.04. The second kappa shape index (κ2) is 8.16. The zero-order valence-corrected chi connectivity index (χ0v) is 19.1. The first-order chi connectivity index (χ1) is 14.8. The first kappa shape index (κ1) is 21.4. The summed E-state index contributed by atoms with van der Waals surface area (Å²) in [5.74, 6) is 2.30. The molecular weight excluding hydrogens is 412 g/mol. The maximum Gasteiger partial charge on any atom is 0.251 e. The van der Waals surface area contributed by atoms with Crippen LogP contribution in [0.2, 0.25) is 0 Å². The van der Waals surface area contributed by atoms with Crippen molar-refractivity contribution in [2.45, 2.75) is 75.3 Å². The lowest BCUT2D eigenvalue weighted by molar-refractivity contribution is -0.0688. The molecule has 1 aromatic rings. The van der Waals surface area contributed by atoms with Crippen LogP contribution in [0, 0.1) is 23.2 Å². The van der Waals surface area contributed by atoms with Gasteiger partial charge in [-0.3, -0.25) is 4.79 Å². The van der Waals surface area contributed by atoms with Crippen molar-refractivity contribution >= 4 is 15.9 Å². The van der Waals surface area contributed by atoms with E-state index in [0.29, 0.717) is 12.2 Å². The third-order valence-corrected chi connectivity index (χ3v) is 9.70. The molecule has 4 saturated carbocycles. The van der Waals surface area contributed by atoms with Gasteiger partial charge in [-0.25, -0.2) is 13.1 Å². The van der Waals surface area contributed by atoms with Crippen molar-refractivity contribution in [2.75, 3.05) is 13.2 Å². The van der Waals surface area contributed by atoms with Crippen molar-refractivity contribution in [3.05, 3.63) is 29.8 Å². The molecule has 0 unspecified atom stereocenters. The average Bonchev–Trinajstić information content (AvgIpc) is 3.25. The fraction of sp³-hybridized carbons (Fsp3) is 0.708. The fourth-order valence-corrected chi connectivity index (χ4v) is 8.15. The molecule has 0 aromatic heterocycles. The van der Waals surface area contributed by atoms with Crippen LogP contribution in [-0.2, 0) is 14.8 Å². The number of ether oxygens (including phenoxy) is 1. The Balaban J connectivity index is 1.26. The molecule has 1 amide bonds. The van der Waals surface area contributed by atoms with Gasteiger partial charge in [-0.1, -0.05) is 6.07 Å². The SMILES string of the molecule is C[C@@H](NC(=O)c1cccc(S(=O)(=O)NC[C@@H]2CCCO2)c1)C12CC3CC(CC(C3)C1)C2. The van der Waals surface area contributed by atoms with Crippen molar-refractivity contribution in [2.24, 2.45) is 23.2 Å². The molecule has 6 rings (SSSR count). The number of rotatable bonds is 7. The topological polar surface area (TPSA) is 84.5 Å². The van der Waals surface area contributed by atoms with Gasteiger partial charge in [0, 0.05) is 24.8 Å². The monoisotopic (exact) mass is 446 g/mol. The standard InChI is InChI=1S/C24H34N2O4S/c1-16(24-12-17-8-18(13-24)10-19(9-17)14-24)26-23(27)20-4-2-6-22(11-20)31(28,29)25-15-21-5-3-7-30-21/h2,4,6,11,16-19,21,25H,3,5,7-10,12-15H2,1H3,(H,26,27)/t16-,17?,18?,19?,21+,24?/m1/s1. The average molecular weight is 447 g/mol. The van der Waals surface area contributed by atoms with E-state index in [4.69, 9.17) is 4.74 Å². The van der Waals surface area contributed by atoms with Crippen LogP contribution < -0.4 is 10.0 Å². The Morgan fingerprint density at radius 3 is 2.45 bits per heavy atom. The summed E-state index contributed by atoms with van der Waals surface area (Å²) < 4.78 is 33.6. The highest BCUT2D eigenvalue weighted by atomic mass is 32.2. The second-order valence-electron chi connectivity index (χ2n) is 10.5. The Morgan fingerprint density at radius 1 is 1.16 bits per heavy atom. The van der Waals surface area contributed by atoms with Crippen LogP contribution in [-0.4, -0.2) is 39.6 Å². The van der Waals surface area contributed by atoms with E-state index in [1.54, 1.807) is 12.1 Å². The van der Waals surface area contributed by atoms with Crippen LogP contribution in [0.15, 0.2) is 29.2 Å². The Morgan fingerprint density at radius 2 is 1.84 bits per heavy atom. The van der Waals surface area contributed by atoms with E-state index < -0.39 is 10.0 Å². The third-order valence-electron chi connectivity index (χ3n) is 8.28. The van der Waals surface area contributed by atoms with E-state index >= 15 is 0 Å². The van der Waals surface area contributed by atoms with Gasteiger partial charge in [-0.05, 0) is 99.7 Å². The smallest absolute Gasteiger partial charge is 0.251 e. The van der Waals surface area contributed by atoms with E-state index in [1.165, 1.54) is 50.7 Å². The van der Waals surface area contributed by atoms with Gasteiger partial charge in [0.1, 0.15) is 0 Å². The molecule has 0 spiro atoms. The van der Waals surface area contributed by atoms with Crippen molar-refractivity contribution in [3.63, 3.8) is 0 Å². The Kier molecular flexibility index (Phi) is 5.64. The highest BCUT2D eigenvalue weighted by molar-refractivity contribution is 7.89. The summed E-state index contributed by atoms with van der Waals surface area (Å²) in [6.07, 6.45) is 9.56. The number of hydrogen-bond acceptors (Lipinski definition) is 4. The molecule has 1 aromatic carbocycles. The number of hydrogen-bond donors (Lipinski definition) is 2. The van der Waals surface area contributed by atoms with Gasteiger partial charge in [-0.2, -0.15) is 0 Å². The molecule has 7 heteroatoms. The Bertz CT molecular complexity index is 903. The zero-order valence-electron chi connectivity index (χ0n) is 18.3. The number of nitrogens with one attached hydrogen (secondary N) is 2. The lowest BCUT2D eigenvalue weighted by atomic mass is 9.48. The molecule has 2 N–H and O–H groups in total. The molecule has 2 atom stereocenters. The molecule has 1 heterocycles. The van der Waals surface area contributed by atoms with Gasteiger partial charge in [-0.15, -0.1) is 0 Å². The maximum atomic E-state index is 13.0. The molecule has 170 valence electrons. The van der Waals surface area contributed by atoms with Gasteiger partial charge in [0.25, 0.3) is 5.91 Å². The first-order valence-electron chi connectivity index (χ1n) is 11.9. The molecular formula is C24H34N2O4S. The van der Waals surface area contributed by atoms with Crippen LogP contribution in [0.3, 0.4) is 0 Å². The van der Waals surface area contributed by atoms with E-state index in [-0.39, 0.29) is 34.9 Å². The van der Waals surface area contributed by atoms with Crippen molar-refractivity contribution in [3.8, 4) is 0 Å². The summed E-state index contributed by atoms with van der Waals surface area (Å²) in [7, 11) is -3.68. The summed E-state index contributed by atoms with van der Waals surface area (Å²) in [6.45, 7) is 3.10. The van der Waals surface area contributed by atoms with E-state index in [9.17, 15) is 13.2 Å². The predicted molar refractivity (Wildman–Crippen MR) is 118 cm³/mol. The van der Waals surface area contributed by atoms with E-state index in [1.807, 2.05) is 0 Å². The normalized spacial score (nSPS) is 35.3. The van der Waals surface area contributed by atoms with Gasteiger partial charge < -0.3 is 10.1 Å². The molecule has 31 heavy (non-hydrogen) atoms. The first-order valence-corrected chi connectivity index (χ1v) is 13.3. The lowest BCUT2D eigenvalue weighted by Gasteiger charge is -2.59. The van der Waals surface area contributed by atoms with Gasteiger partial charge in [0.15, 0.2) is 0 Å². The Hall–Kier alpha value is -1.44. The Labute approximate surface area is 185 Å². The zero-order chi connectivity index (χ0) is 21.6. The molecule has 4 bridgehead atoms. The van der Waals surface area contributed by atoms with Gasteiger partial charge >= 0.3 is 0 Å². The number of benzene rings is 1. The van der Waals surface area contributed by atoms with Crippen molar-refractivity contribution in [1.29, 1.82) is 0 Å². The molecule has 1 saturated heterocycles. The van der Waals surface area contributed by atoms with Gasteiger partial charge in [0.05, 0.1) is 11.0 Å². The molecule has 6 nitrogen and oxygen atoms in total. The quantitative estimate of drug-likeness (QED) is 0.672. The largest absolute Gasteiger partial charge is 0.377 e. The maximum absolute atomic E-state index is 13.0. The summed E-state index contributed by atoms with van der Waals surface area (Å²) in [5, 5.41) is 3.23. The molecule has 5 aliphatic rings. The predicted octanol–water partition coefficient (Wildman–Crippen LogP) is 3.48. The van der Waals surface area contributed by atoms with Crippen LogP contribution in [0.5, 0.6) is 0 Å². The third kappa shape index (κ3) is 4.29. The van der Waals surface area contributed by atoms with Crippen LogP contribution in [0.1, 0.15) is 68.6 Å². The van der Waals surface area contributed by atoms with Crippen LogP contribution in [0.4, 0.5) is 0 Å². The van der Waals surface area contributed by atoms with Crippen LogP contribution >= 0.6 is 0 Å². The number of amides is 1. The molecule has 4 aliphatic carbocycles. The minimum atomic E-state index is -3.68. The number of sulfonamides is 1. The number of carbonyl (C=O) groups is 1. The van der Waals surface area contributed by atoms with Crippen molar-refractivity contribution in [1.82, 2.24) is 10.0 Å². The minimum Gasteiger partial charge on any atom is -0.377 e. The number of carbonyl (C=O) groups excluding carboxylic acids is 1. The van der Waals surface area contributed by atoms with E-state index in [0.717, 1.165) is 30.6 Å². The summed E-state index contributed by atoms with van der Waals surface area (Å²) >= 11 is 0. The van der Waals surface area contributed by atoms with Crippen molar-refractivity contribution < 1.29 is 17.9 Å². The lowest BCUT2D eigenvalue weighted by Crippen LogP contribution is -2.55. The second-order valence-corrected chi connectivity index (χ2v) is 12.3. The summed E-state index contributed by atoms with van der Waals surface area (Å²) in [6, 6.07) is 6.47. The summed E-state index contributed by atoms with van der Waals surface area (Å²) in [5.41, 5.74) is 0.619. The summed E-state index contributed by atoms with van der Waals surface area (Å²) in [4.78, 5) is 13.2. The van der Waals surface area contributed by atoms with Gasteiger partial charge in [0.2, 0.25) is 10.0 Å². The van der Waals surface area contributed by atoms with E-state index in [2.05, 4.69) is 17.0 Å². The highest BCUT2D eigenvalue weighted by Gasteiger charge is 2.53. The minimum absolute atomic E-state index is 0.0672.